The number of nitrogens with one attached hydrogen (secondary N) is 1. The quantitative estimate of drug-likeness (QED) is 0.724. The molecule has 0 bridgehead atoms. The summed E-state index contributed by atoms with van der Waals surface area (Å²) < 4.78 is 10.3. The Morgan fingerprint density at radius 3 is 2.45 bits per heavy atom. The Balaban J connectivity index is 1.37. The van der Waals surface area contributed by atoms with Gasteiger partial charge in [-0.1, -0.05) is 0 Å². The second kappa shape index (κ2) is 10.3. The molecule has 0 aromatic heterocycles. The van der Waals surface area contributed by atoms with Gasteiger partial charge in [-0.15, -0.1) is 0 Å². The van der Waals surface area contributed by atoms with E-state index in [0.29, 0.717) is 17.2 Å². The molecular weight excluding hydrogens is 396 g/mol. The fourth-order valence-electron chi connectivity index (χ4n) is 4.78. The fourth-order valence-corrected chi connectivity index (χ4v) is 4.78. The van der Waals surface area contributed by atoms with Crippen molar-refractivity contribution in [1.29, 1.82) is 0 Å². The van der Waals surface area contributed by atoms with Gasteiger partial charge in [0.1, 0.15) is 0 Å². The van der Waals surface area contributed by atoms with Crippen LogP contribution in [0, 0.1) is 5.92 Å². The Morgan fingerprint density at radius 2 is 1.77 bits per heavy atom. The first-order chi connectivity index (χ1) is 15.1. The van der Waals surface area contributed by atoms with Gasteiger partial charge in [-0.3, -0.25) is 4.90 Å². The standard InChI is InChI=1S/C23H34N4O4/c1-30-22(28)19-4-5-21(26-8-2-3-9-26)20(16-19)24-23(29)27-10-6-18(7-11-27)17-25-12-14-31-15-13-25/h4-5,16,18H,2-3,6-15,17H2,1H3,(H,24,29). The number of benzene rings is 1. The third kappa shape index (κ3) is 5.49. The molecule has 8 nitrogen and oxygen atoms in total. The van der Waals surface area contributed by atoms with Gasteiger partial charge >= 0.3 is 12.0 Å². The normalized spacial score (nSPS) is 20.7. The molecule has 0 aliphatic carbocycles. The zero-order chi connectivity index (χ0) is 21.6. The van der Waals surface area contributed by atoms with Crippen LogP contribution in [0.15, 0.2) is 18.2 Å². The summed E-state index contributed by atoms with van der Waals surface area (Å²) in [6.45, 7) is 8.22. The number of carbonyl (C=O) groups excluding carboxylic acids is 2. The van der Waals surface area contributed by atoms with Crippen molar-refractivity contribution in [3.05, 3.63) is 23.8 Å². The van der Waals surface area contributed by atoms with Crippen LogP contribution in [0.1, 0.15) is 36.0 Å². The van der Waals surface area contributed by atoms with Crippen LogP contribution in [0.2, 0.25) is 0 Å². The Hall–Kier alpha value is -2.32. The zero-order valence-corrected chi connectivity index (χ0v) is 18.5. The van der Waals surface area contributed by atoms with Crippen molar-refractivity contribution in [3.8, 4) is 0 Å². The van der Waals surface area contributed by atoms with Gasteiger partial charge in [0.05, 0.1) is 37.3 Å². The number of carbonyl (C=O) groups is 2. The maximum Gasteiger partial charge on any atom is 0.337 e. The second-order valence-corrected chi connectivity index (χ2v) is 8.69. The van der Waals surface area contributed by atoms with Crippen LogP contribution in [-0.4, -0.2) is 87.9 Å². The van der Waals surface area contributed by atoms with Crippen molar-refractivity contribution in [2.45, 2.75) is 25.7 Å². The van der Waals surface area contributed by atoms with Gasteiger partial charge in [0.2, 0.25) is 0 Å². The van der Waals surface area contributed by atoms with Crippen molar-refractivity contribution in [2.24, 2.45) is 5.92 Å². The molecule has 1 aromatic carbocycles. The van der Waals surface area contributed by atoms with E-state index in [0.717, 1.165) is 90.4 Å². The number of morpholine rings is 1. The van der Waals surface area contributed by atoms with E-state index in [9.17, 15) is 9.59 Å². The van der Waals surface area contributed by atoms with Gasteiger partial charge in [-0.2, -0.15) is 0 Å². The summed E-state index contributed by atoms with van der Waals surface area (Å²) in [4.78, 5) is 31.7. The van der Waals surface area contributed by atoms with Crippen LogP contribution in [0.4, 0.5) is 16.2 Å². The number of anilines is 2. The highest BCUT2D eigenvalue weighted by Crippen LogP contribution is 2.31. The minimum atomic E-state index is -0.396. The van der Waals surface area contributed by atoms with Crippen LogP contribution in [0.25, 0.3) is 0 Å². The van der Waals surface area contributed by atoms with Crippen LogP contribution < -0.4 is 10.2 Å². The maximum absolute atomic E-state index is 13.0. The zero-order valence-electron chi connectivity index (χ0n) is 18.5. The number of amides is 2. The average Bonchev–Trinajstić information content (AvgIpc) is 3.34. The van der Waals surface area contributed by atoms with Gasteiger partial charge in [-0.25, -0.2) is 9.59 Å². The second-order valence-electron chi connectivity index (χ2n) is 8.69. The predicted molar refractivity (Wildman–Crippen MR) is 120 cm³/mol. The van der Waals surface area contributed by atoms with Crippen LogP contribution in [-0.2, 0) is 9.47 Å². The first-order valence-corrected chi connectivity index (χ1v) is 11.5. The van der Waals surface area contributed by atoms with Gasteiger partial charge < -0.3 is 24.6 Å². The molecule has 8 heteroatoms. The Kier molecular flexibility index (Phi) is 7.29. The Bertz CT molecular complexity index is 767. The molecule has 2 amide bonds. The lowest BCUT2D eigenvalue weighted by Gasteiger charge is -2.36. The third-order valence-corrected chi connectivity index (χ3v) is 6.63. The summed E-state index contributed by atoms with van der Waals surface area (Å²) in [5.41, 5.74) is 2.11. The maximum atomic E-state index is 13.0. The van der Waals surface area contributed by atoms with Gasteiger partial charge in [-0.05, 0) is 49.8 Å². The molecule has 1 aromatic rings. The van der Waals surface area contributed by atoms with Gasteiger partial charge in [0.25, 0.3) is 0 Å². The summed E-state index contributed by atoms with van der Waals surface area (Å²) in [5.74, 6) is 0.234. The van der Waals surface area contributed by atoms with Gasteiger partial charge in [0.15, 0.2) is 0 Å². The molecule has 3 saturated heterocycles. The number of hydrogen-bond donors (Lipinski definition) is 1. The number of esters is 1. The highest BCUT2D eigenvalue weighted by Gasteiger charge is 2.26. The minimum Gasteiger partial charge on any atom is -0.465 e. The van der Waals surface area contributed by atoms with E-state index in [1.54, 1.807) is 12.1 Å². The summed E-state index contributed by atoms with van der Waals surface area (Å²) in [6, 6.07) is 5.34. The molecule has 3 heterocycles. The molecular formula is C23H34N4O4. The molecule has 3 aliphatic rings. The molecule has 170 valence electrons. The van der Waals surface area contributed by atoms with Crippen molar-refractivity contribution < 1.29 is 19.1 Å². The minimum absolute atomic E-state index is 0.0905. The monoisotopic (exact) mass is 430 g/mol. The van der Waals surface area contributed by atoms with Crippen molar-refractivity contribution >= 4 is 23.4 Å². The highest BCUT2D eigenvalue weighted by atomic mass is 16.5. The molecule has 0 radical (unpaired) electrons. The largest absolute Gasteiger partial charge is 0.465 e. The molecule has 0 spiro atoms. The number of hydrogen-bond acceptors (Lipinski definition) is 6. The first kappa shape index (κ1) is 21.9. The molecule has 0 saturated carbocycles. The number of nitrogens with zero attached hydrogens (tertiary/aromatic N) is 3. The van der Waals surface area contributed by atoms with Crippen molar-refractivity contribution in [1.82, 2.24) is 9.80 Å². The molecule has 4 rings (SSSR count). The van der Waals surface area contributed by atoms with E-state index in [-0.39, 0.29) is 6.03 Å². The third-order valence-electron chi connectivity index (χ3n) is 6.63. The van der Waals surface area contributed by atoms with Crippen LogP contribution in [0.3, 0.4) is 0 Å². The molecule has 0 unspecified atom stereocenters. The summed E-state index contributed by atoms with van der Waals surface area (Å²) in [6.07, 6.45) is 4.32. The SMILES string of the molecule is COC(=O)c1ccc(N2CCCC2)c(NC(=O)N2CCC(CN3CCOCC3)CC2)c1. The Labute approximate surface area is 184 Å². The van der Waals surface area contributed by atoms with Crippen molar-refractivity contribution in [3.63, 3.8) is 0 Å². The first-order valence-electron chi connectivity index (χ1n) is 11.5. The number of piperidine rings is 1. The predicted octanol–water partition coefficient (Wildman–Crippen LogP) is 2.65. The van der Waals surface area contributed by atoms with E-state index < -0.39 is 5.97 Å². The van der Waals surface area contributed by atoms with E-state index >= 15 is 0 Å². The molecule has 3 aliphatic heterocycles. The fraction of sp³-hybridized carbons (Fsp3) is 0.652. The topological polar surface area (TPSA) is 74.4 Å². The highest BCUT2D eigenvalue weighted by molar-refractivity contribution is 5.97. The number of ether oxygens (including phenoxy) is 2. The van der Waals surface area contributed by atoms with Crippen LogP contribution in [0.5, 0.6) is 0 Å². The lowest BCUT2D eigenvalue weighted by Crippen LogP contribution is -2.45. The molecule has 1 N–H and O–H groups in total. The van der Waals surface area contributed by atoms with E-state index in [4.69, 9.17) is 9.47 Å². The number of urea groups is 1. The lowest BCUT2D eigenvalue weighted by molar-refractivity contribution is 0.0260. The number of rotatable bonds is 5. The molecule has 0 atom stereocenters. The smallest absolute Gasteiger partial charge is 0.337 e. The molecule has 31 heavy (non-hydrogen) atoms. The van der Waals surface area contributed by atoms with Crippen molar-refractivity contribution in [2.75, 3.05) is 76.4 Å². The van der Waals surface area contributed by atoms with E-state index in [1.807, 2.05) is 11.0 Å². The van der Waals surface area contributed by atoms with Gasteiger partial charge in [0, 0.05) is 45.8 Å². The molecule has 3 fully saturated rings. The summed E-state index contributed by atoms with van der Waals surface area (Å²) in [7, 11) is 1.37. The number of likely N-dealkylation sites (tertiary alicyclic amines) is 1. The van der Waals surface area contributed by atoms with E-state index in [2.05, 4.69) is 15.1 Å². The van der Waals surface area contributed by atoms with Crippen LogP contribution >= 0.6 is 0 Å². The van der Waals surface area contributed by atoms with E-state index in [1.165, 1.54) is 7.11 Å². The Morgan fingerprint density at radius 1 is 1.06 bits per heavy atom. The summed E-state index contributed by atoms with van der Waals surface area (Å²) in [5, 5.41) is 3.08. The average molecular weight is 431 g/mol. The lowest BCUT2D eigenvalue weighted by atomic mass is 9.96. The number of methoxy groups -OCH3 is 1. The summed E-state index contributed by atoms with van der Waals surface area (Å²) >= 11 is 0.